The van der Waals surface area contributed by atoms with E-state index in [0.717, 1.165) is 18.4 Å². The molecule has 3 aromatic rings. The Balaban J connectivity index is 1.68. The zero-order valence-electron chi connectivity index (χ0n) is 16.8. The molecule has 0 bridgehead atoms. The predicted molar refractivity (Wildman–Crippen MR) is 113 cm³/mol. The third kappa shape index (κ3) is 3.88. The van der Waals surface area contributed by atoms with Gasteiger partial charge in [0.2, 0.25) is 0 Å². The molecule has 29 heavy (non-hydrogen) atoms. The first kappa shape index (κ1) is 19.2. The van der Waals surface area contributed by atoms with Crippen LogP contribution < -0.4 is 14.8 Å². The Kier molecular flexibility index (Phi) is 5.60. The van der Waals surface area contributed by atoms with E-state index in [4.69, 9.17) is 9.47 Å². The first-order valence-electron chi connectivity index (χ1n) is 9.98. The second kappa shape index (κ2) is 8.47. The molecule has 1 fully saturated rings. The lowest BCUT2D eigenvalue weighted by Crippen LogP contribution is -2.18. The fraction of sp³-hybridized carbons (Fsp3) is 0.348. The number of rotatable bonds is 5. The number of benzene rings is 2. The van der Waals surface area contributed by atoms with Crippen molar-refractivity contribution in [3.63, 3.8) is 0 Å². The number of hydrogen-bond acceptors (Lipinski definition) is 5. The third-order valence-electron chi connectivity index (χ3n) is 5.62. The van der Waals surface area contributed by atoms with Gasteiger partial charge in [-0.05, 0) is 36.5 Å². The van der Waals surface area contributed by atoms with E-state index < -0.39 is 0 Å². The topological polar surface area (TPSA) is 73.3 Å². The second-order valence-corrected chi connectivity index (χ2v) is 7.32. The minimum atomic E-state index is -0.152. The predicted octanol–water partition coefficient (Wildman–Crippen LogP) is 4.95. The van der Waals surface area contributed by atoms with Crippen molar-refractivity contribution in [1.82, 2.24) is 9.97 Å². The van der Waals surface area contributed by atoms with Gasteiger partial charge in [-0.15, -0.1) is 0 Å². The molecule has 1 N–H and O–H groups in total. The highest BCUT2D eigenvalue weighted by molar-refractivity contribution is 6.08. The van der Waals surface area contributed by atoms with Gasteiger partial charge in [0, 0.05) is 17.0 Å². The first-order valence-corrected chi connectivity index (χ1v) is 9.98. The summed E-state index contributed by atoms with van der Waals surface area (Å²) in [7, 11) is 3.15. The number of hydrogen-bond donors (Lipinski definition) is 1. The zero-order chi connectivity index (χ0) is 20.2. The fourth-order valence-electron chi connectivity index (χ4n) is 4.13. The standard InChI is InChI=1S/C23H25N3O3/c1-28-20-12-18-19(13-21(20)29-2)24-14-25-22(18)26-23(27)17-11-7-6-10-16(17)15-8-4-3-5-9-15/h6-7,10-15H,3-5,8-9H2,1-2H3,(H,24,25,26,27). The summed E-state index contributed by atoms with van der Waals surface area (Å²) in [5, 5.41) is 3.69. The van der Waals surface area contributed by atoms with Crippen molar-refractivity contribution >= 4 is 22.6 Å². The van der Waals surface area contributed by atoms with Crippen molar-refractivity contribution in [1.29, 1.82) is 0 Å². The van der Waals surface area contributed by atoms with Crippen molar-refractivity contribution in [2.24, 2.45) is 0 Å². The van der Waals surface area contributed by atoms with Crippen LogP contribution in [0.1, 0.15) is 53.9 Å². The SMILES string of the molecule is COc1cc2ncnc(NC(=O)c3ccccc3C3CCCCC3)c2cc1OC. The Morgan fingerprint density at radius 3 is 2.48 bits per heavy atom. The van der Waals surface area contributed by atoms with Crippen LogP contribution in [0.2, 0.25) is 0 Å². The molecule has 6 nitrogen and oxygen atoms in total. The van der Waals surface area contributed by atoms with Gasteiger partial charge in [-0.2, -0.15) is 0 Å². The van der Waals surface area contributed by atoms with Crippen LogP contribution >= 0.6 is 0 Å². The molecule has 4 rings (SSSR count). The van der Waals surface area contributed by atoms with Gasteiger partial charge in [0.25, 0.3) is 5.91 Å². The molecule has 150 valence electrons. The molecule has 1 saturated carbocycles. The maximum Gasteiger partial charge on any atom is 0.257 e. The lowest BCUT2D eigenvalue weighted by molar-refractivity contribution is 0.102. The molecule has 0 spiro atoms. The highest BCUT2D eigenvalue weighted by Gasteiger charge is 2.22. The lowest BCUT2D eigenvalue weighted by Gasteiger charge is -2.24. The van der Waals surface area contributed by atoms with Crippen LogP contribution in [0.3, 0.4) is 0 Å². The fourth-order valence-corrected chi connectivity index (χ4v) is 4.13. The highest BCUT2D eigenvalue weighted by atomic mass is 16.5. The van der Waals surface area contributed by atoms with Gasteiger partial charge >= 0.3 is 0 Å². The molecule has 0 radical (unpaired) electrons. The van der Waals surface area contributed by atoms with Gasteiger partial charge in [0.05, 0.1) is 19.7 Å². The van der Waals surface area contributed by atoms with E-state index in [0.29, 0.717) is 39.7 Å². The van der Waals surface area contributed by atoms with Crippen LogP contribution in [0.15, 0.2) is 42.7 Å². The number of nitrogens with zero attached hydrogens (tertiary/aromatic N) is 2. The van der Waals surface area contributed by atoms with Crippen LogP contribution in [0, 0.1) is 0 Å². The van der Waals surface area contributed by atoms with Gasteiger partial charge in [-0.25, -0.2) is 9.97 Å². The van der Waals surface area contributed by atoms with Gasteiger partial charge in [-0.3, -0.25) is 4.79 Å². The van der Waals surface area contributed by atoms with Crippen molar-refractivity contribution in [2.75, 3.05) is 19.5 Å². The second-order valence-electron chi connectivity index (χ2n) is 7.32. The molecule has 1 amide bonds. The molecule has 1 aliphatic rings. The maximum atomic E-state index is 13.2. The molecule has 6 heteroatoms. The Morgan fingerprint density at radius 2 is 1.72 bits per heavy atom. The number of carbonyl (C=O) groups is 1. The number of carbonyl (C=O) groups excluding carboxylic acids is 1. The largest absolute Gasteiger partial charge is 0.493 e. The van der Waals surface area contributed by atoms with Crippen LogP contribution in [0.25, 0.3) is 10.9 Å². The van der Waals surface area contributed by atoms with Crippen LogP contribution in [-0.4, -0.2) is 30.1 Å². The summed E-state index contributed by atoms with van der Waals surface area (Å²) < 4.78 is 10.7. The molecular weight excluding hydrogens is 366 g/mol. The number of fused-ring (bicyclic) bond motifs is 1. The van der Waals surface area contributed by atoms with Crippen LogP contribution in [0.4, 0.5) is 5.82 Å². The molecule has 0 unspecified atom stereocenters. The van der Waals surface area contributed by atoms with E-state index >= 15 is 0 Å². The van der Waals surface area contributed by atoms with Crippen LogP contribution in [0.5, 0.6) is 11.5 Å². The van der Waals surface area contributed by atoms with E-state index in [1.165, 1.54) is 25.6 Å². The molecule has 1 aliphatic carbocycles. The summed E-state index contributed by atoms with van der Waals surface area (Å²) in [4.78, 5) is 21.8. The number of methoxy groups -OCH3 is 2. The van der Waals surface area contributed by atoms with Gasteiger partial charge < -0.3 is 14.8 Å². The molecule has 0 atom stereocenters. The smallest absolute Gasteiger partial charge is 0.257 e. The van der Waals surface area contributed by atoms with Crippen molar-refractivity contribution in [2.45, 2.75) is 38.0 Å². The zero-order valence-corrected chi connectivity index (χ0v) is 16.8. The Labute approximate surface area is 170 Å². The summed E-state index contributed by atoms with van der Waals surface area (Å²) in [5.41, 5.74) is 2.52. The lowest BCUT2D eigenvalue weighted by atomic mass is 9.82. The number of aromatic nitrogens is 2. The summed E-state index contributed by atoms with van der Waals surface area (Å²) in [6.07, 6.45) is 7.44. The first-order chi connectivity index (χ1) is 14.2. The molecular formula is C23H25N3O3. The summed E-state index contributed by atoms with van der Waals surface area (Å²) >= 11 is 0. The van der Waals surface area contributed by atoms with Crippen molar-refractivity contribution in [3.05, 3.63) is 53.9 Å². The van der Waals surface area contributed by atoms with E-state index in [-0.39, 0.29) is 5.91 Å². The number of amides is 1. The average molecular weight is 391 g/mol. The number of nitrogens with one attached hydrogen (secondary N) is 1. The summed E-state index contributed by atoms with van der Waals surface area (Å²) in [6.45, 7) is 0. The minimum Gasteiger partial charge on any atom is -0.493 e. The monoisotopic (exact) mass is 391 g/mol. The summed E-state index contributed by atoms with van der Waals surface area (Å²) in [6, 6.07) is 11.5. The van der Waals surface area contributed by atoms with E-state index in [9.17, 15) is 4.79 Å². The van der Waals surface area contributed by atoms with E-state index in [1.807, 2.05) is 18.2 Å². The molecule has 0 saturated heterocycles. The molecule has 0 aliphatic heterocycles. The molecule has 2 aromatic carbocycles. The number of ether oxygens (including phenoxy) is 2. The van der Waals surface area contributed by atoms with Crippen LogP contribution in [-0.2, 0) is 0 Å². The van der Waals surface area contributed by atoms with Gasteiger partial charge in [0.1, 0.15) is 12.1 Å². The Bertz CT molecular complexity index is 1030. The molecule has 1 heterocycles. The van der Waals surface area contributed by atoms with E-state index in [1.54, 1.807) is 26.4 Å². The van der Waals surface area contributed by atoms with Crippen molar-refractivity contribution < 1.29 is 14.3 Å². The third-order valence-corrected chi connectivity index (χ3v) is 5.62. The van der Waals surface area contributed by atoms with Gasteiger partial charge in [-0.1, -0.05) is 37.5 Å². The maximum absolute atomic E-state index is 13.2. The normalized spacial score (nSPS) is 14.6. The highest BCUT2D eigenvalue weighted by Crippen LogP contribution is 2.36. The summed E-state index contributed by atoms with van der Waals surface area (Å²) in [5.74, 6) is 1.89. The number of anilines is 1. The Hall–Kier alpha value is -3.15. The average Bonchev–Trinajstić information content (AvgIpc) is 2.79. The van der Waals surface area contributed by atoms with Crippen molar-refractivity contribution in [3.8, 4) is 11.5 Å². The quantitative estimate of drug-likeness (QED) is 0.666. The Morgan fingerprint density at radius 1 is 1.00 bits per heavy atom. The molecule has 1 aromatic heterocycles. The van der Waals surface area contributed by atoms with E-state index in [2.05, 4.69) is 21.4 Å². The van der Waals surface area contributed by atoms with Gasteiger partial charge in [0.15, 0.2) is 11.5 Å². The minimum absolute atomic E-state index is 0.152.